The molecule has 0 saturated carbocycles. The average Bonchev–Trinajstić information content (AvgIpc) is 3.20. The number of nitrogens with one attached hydrogen (secondary N) is 3. The molecule has 6 heteroatoms. The SMILES string of the molecule is Cc1ccc(NC(=NCCc2c[nH]c3ccccc23)NC(=O)c2ccc(C)c(F)c2)c(C)c1. The molecule has 0 unspecified atom stereocenters. The van der Waals surface area contributed by atoms with Crippen LogP contribution in [-0.4, -0.2) is 23.4 Å². The Morgan fingerprint density at radius 3 is 2.61 bits per heavy atom. The lowest BCUT2D eigenvalue weighted by Crippen LogP contribution is -2.36. The van der Waals surface area contributed by atoms with E-state index in [2.05, 4.69) is 32.7 Å². The number of nitrogens with zero attached hydrogens (tertiary/aromatic N) is 1. The van der Waals surface area contributed by atoms with E-state index in [0.717, 1.165) is 33.3 Å². The van der Waals surface area contributed by atoms with Crippen LogP contribution in [0.4, 0.5) is 10.1 Å². The van der Waals surface area contributed by atoms with Crippen molar-refractivity contribution in [2.24, 2.45) is 4.99 Å². The van der Waals surface area contributed by atoms with Gasteiger partial charge in [0.05, 0.1) is 0 Å². The lowest BCUT2D eigenvalue weighted by atomic mass is 10.1. The average molecular weight is 443 g/mol. The summed E-state index contributed by atoms with van der Waals surface area (Å²) in [6.45, 7) is 6.16. The molecule has 0 fully saturated rings. The van der Waals surface area contributed by atoms with E-state index in [9.17, 15) is 9.18 Å². The number of carbonyl (C=O) groups excluding carboxylic acids is 1. The fourth-order valence-corrected chi connectivity index (χ4v) is 3.73. The van der Waals surface area contributed by atoms with E-state index in [1.165, 1.54) is 6.07 Å². The van der Waals surface area contributed by atoms with E-state index in [0.29, 0.717) is 24.5 Å². The quantitative estimate of drug-likeness (QED) is 0.275. The van der Waals surface area contributed by atoms with Gasteiger partial charge >= 0.3 is 0 Å². The molecule has 5 nitrogen and oxygen atoms in total. The Kier molecular flexibility index (Phi) is 6.54. The Labute approximate surface area is 192 Å². The summed E-state index contributed by atoms with van der Waals surface area (Å²) < 4.78 is 14.0. The van der Waals surface area contributed by atoms with Crippen molar-refractivity contribution in [3.63, 3.8) is 0 Å². The summed E-state index contributed by atoms with van der Waals surface area (Å²) in [6, 6.07) is 18.6. The van der Waals surface area contributed by atoms with Crippen molar-refractivity contribution in [1.29, 1.82) is 0 Å². The number of anilines is 1. The van der Waals surface area contributed by atoms with E-state index in [1.807, 2.05) is 50.4 Å². The topological polar surface area (TPSA) is 69.3 Å². The largest absolute Gasteiger partial charge is 0.361 e. The number of carbonyl (C=O) groups is 1. The van der Waals surface area contributed by atoms with Gasteiger partial charge in [-0.05, 0) is 68.1 Å². The maximum atomic E-state index is 14.0. The zero-order valence-electron chi connectivity index (χ0n) is 19.0. The molecule has 0 atom stereocenters. The van der Waals surface area contributed by atoms with E-state index in [4.69, 9.17) is 0 Å². The first-order chi connectivity index (χ1) is 15.9. The summed E-state index contributed by atoms with van der Waals surface area (Å²) in [5.41, 5.74) is 6.01. The van der Waals surface area contributed by atoms with Gasteiger partial charge in [0.1, 0.15) is 5.82 Å². The van der Waals surface area contributed by atoms with Crippen molar-refractivity contribution < 1.29 is 9.18 Å². The van der Waals surface area contributed by atoms with Crippen LogP contribution in [0, 0.1) is 26.6 Å². The van der Waals surface area contributed by atoms with Crippen LogP contribution in [0.3, 0.4) is 0 Å². The van der Waals surface area contributed by atoms with Crippen LogP contribution in [-0.2, 0) is 6.42 Å². The van der Waals surface area contributed by atoms with Crippen LogP contribution in [0.25, 0.3) is 10.9 Å². The number of fused-ring (bicyclic) bond motifs is 1. The third-order valence-electron chi connectivity index (χ3n) is 5.63. The highest BCUT2D eigenvalue weighted by molar-refractivity contribution is 6.10. The Morgan fingerprint density at radius 1 is 1.00 bits per heavy atom. The van der Waals surface area contributed by atoms with Crippen molar-refractivity contribution in [2.45, 2.75) is 27.2 Å². The first-order valence-electron chi connectivity index (χ1n) is 10.9. The molecule has 0 aliphatic heterocycles. The van der Waals surface area contributed by atoms with Crippen LogP contribution in [0.2, 0.25) is 0 Å². The second kappa shape index (κ2) is 9.69. The number of benzene rings is 3. The molecule has 0 saturated heterocycles. The smallest absolute Gasteiger partial charge is 0.258 e. The molecule has 0 bridgehead atoms. The predicted octanol–water partition coefficient (Wildman–Crippen LogP) is 5.67. The molecular formula is C27H27FN4O. The van der Waals surface area contributed by atoms with Crippen molar-refractivity contribution >= 4 is 28.5 Å². The number of hydrogen-bond acceptors (Lipinski definition) is 2. The fraction of sp³-hybridized carbons (Fsp3) is 0.185. The highest BCUT2D eigenvalue weighted by Gasteiger charge is 2.12. The molecule has 4 aromatic rings. The molecule has 1 amide bonds. The molecule has 4 rings (SSSR count). The number of H-pyrrole nitrogens is 1. The summed E-state index contributed by atoms with van der Waals surface area (Å²) in [4.78, 5) is 20.7. The minimum absolute atomic E-state index is 0.241. The summed E-state index contributed by atoms with van der Waals surface area (Å²) >= 11 is 0. The molecule has 3 aromatic carbocycles. The van der Waals surface area contributed by atoms with Gasteiger partial charge in [-0.15, -0.1) is 0 Å². The number of aliphatic imine (C=N–C) groups is 1. The summed E-state index contributed by atoms with van der Waals surface area (Å²) in [6.07, 6.45) is 2.70. The zero-order valence-corrected chi connectivity index (χ0v) is 19.0. The summed E-state index contributed by atoms with van der Waals surface area (Å²) in [7, 11) is 0. The van der Waals surface area contributed by atoms with Gasteiger partial charge in [0.2, 0.25) is 5.96 Å². The van der Waals surface area contributed by atoms with Gasteiger partial charge in [0.25, 0.3) is 5.91 Å². The van der Waals surface area contributed by atoms with Crippen molar-refractivity contribution in [3.8, 4) is 0 Å². The van der Waals surface area contributed by atoms with Crippen LogP contribution < -0.4 is 10.6 Å². The first kappa shape index (κ1) is 22.3. The number of amides is 1. The van der Waals surface area contributed by atoms with Crippen LogP contribution in [0.5, 0.6) is 0 Å². The second-order valence-corrected chi connectivity index (χ2v) is 8.20. The molecule has 1 aromatic heterocycles. The summed E-state index contributed by atoms with van der Waals surface area (Å²) in [5, 5.41) is 7.21. The van der Waals surface area contributed by atoms with Crippen LogP contribution in [0.1, 0.15) is 32.6 Å². The minimum atomic E-state index is -0.419. The van der Waals surface area contributed by atoms with Crippen molar-refractivity contribution in [3.05, 3.63) is 100 Å². The molecule has 0 aliphatic carbocycles. The third kappa shape index (κ3) is 5.29. The first-order valence-corrected chi connectivity index (χ1v) is 10.9. The van der Waals surface area contributed by atoms with Gasteiger partial charge in [0, 0.05) is 34.9 Å². The van der Waals surface area contributed by atoms with Crippen LogP contribution >= 0.6 is 0 Å². The molecule has 0 spiro atoms. The number of para-hydroxylation sites is 1. The molecule has 3 N–H and O–H groups in total. The van der Waals surface area contributed by atoms with Gasteiger partial charge in [-0.1, -0.05) is 42.0 Å². The summed E-state index contributed by atoms with van der Waals surface area (Å²) in [5.74, 6) is -0.507. The van der Waals surface area contributed by atoms with Gasteiger partial charge in [-0.25, -0.2) is 4.39 Å². The van der Waals surface area contributed by atoms with E-state index < -0.39 is 11.7 Å². The Hall–Kier alpha value is -3.93. The zero-order chi connectivity index (χ0) is 23.4. The lowest BCUT2D eigenvalue weighted by molar-refractivity contribution is 0.0976. The van der Waals surface area contributed by atoms with E-state index >= 15 is 0 Å². The number of aromatic amines is 1. The number of halogens is 1. The van der Waals surface area contributed by atoms with E-state index in [1.54, 1.807) is 19.1 Å². The number of rotatable bonds is 5. The number of guanidine groups is 1. The van der Waals surface area contributed by atoms with Crippen LogP contribution in [0.15, 0.2) is 71.9 Å². The number of hydrogen-bond donors (Lipinski definition) is 3. The highest BCUT2D eigenvalue weighted by Crippen LogP contribution is 2.19. The molecule has 0 aliphatic rings. The van der Waals surface area contributed by atoms with Gasteiger partial charge < -0.3 is 10.3 Å². The van der Waals surface area contributed by atoms with Gasteiger partial charge in [-0.3, -0.25) is 15.1 Å². The monoisotopic (exact) mass is 442 g/mol. The Bertz CT molecular complexity index is 1340. The Morgan fingerprint density at radius 2 is 1.82 bits per heavy atom. The predicted molar refractivity (Wildman–Crippen MR) is 132 cm³/mol. The Balaban J connectivity index is 1.55. The molecule has 1 heterocycles. The van der Waals surface area contributed by atoms with Crippen molar-refractivity contribution in [2.75, 3.05) is 11.9 Å². The highest BCUT2D eigenvalue weighted by atomic mass is 19.1. The van der Waals surface area contributed by atoms with Gasteiger partial charge in [0.15, 0.2) is 0 Å². The minimum Gasteiger partial charge on any atom is -0.361 e. The van der Waals surface area contributed by atoms with E-state index in [-0.39, 0.29) is 5.56 Å². The third-order valence-corrected chi connectivity index (χ3v) is 5.63. The van der Waals surface area contributed by atoms with Gasteiger partial charge in [-0.2, -0.15) is 0 Å². The lowest BCUT2D eigenvalue weighted by Gasteiger charge is -2.14. The standard InChI is InChI=1S/C27H27FN4O/c1-17-8-11-24(19(3)14-17)31-27(32-26(33)20-10-9-18(2)23(28)15-20)29-13-12-21-16-30-25-7-5-4-6-22(21)25/h4-11,14-16,30H,12-13H2,1-3H3,(H2,29,31,32,33). The molecule has 0 radical (unpaired) electrons. The molecule has 168 valence electrons. The van der Waals surface area contributed by atoms with Crippen molar-refractivity contribution in [1.82, 2.24) is 10.3 Å². The second-order valence-electron chi connectivity index (χ2n) is 8.20. The number of aromatic nitrogens is 1. The molecule has 33 heavy (non-hydrogen) atoms. The molecular weight excluding hydrogens is 415 g/mol. The fourth-order valence-electron chi connectivity index (χ4n) is 3.73. The maximum absolute atomic E-state index is 14.0. The maximum Gasteiger partial charge on any atom is 0.258 e. The number of aryl methyl sites for hydroxylation is 3. The normalized spacial score (nSPS) is 11.6.